The van der Waals surface area contributed by atoms with Crippen LogP contribution in [0.3, 0.4) is 0 Å². The summed E-state index contributed by atoms with van der Waals surface area (Å²) in [6, 6.07) is 8.09. The third-order valence-corrected chi connectivity index (χ3v) is 2.43. The lowest BCUT2D eigenvalue weighted by atomic mass is 9.95. The SMILES string of the molecule is CCOc1cccc(C(C)CC(C)O)c1. The summed E-state index contributed by atoms with van der Waals surface area (Å²) in [6.45, 7) is 6.61. The summed E-state index contributed by atoms with van der Waals surface area (Å²) in [4.78, 5) is 0. The number of ether oxygens (including phenoxy) is 1. The van der Waals surface area contributed by atoms with Crippen LogP contribution in [0.2, 0.25) is 0 Å². The minimum Gasteiger partial charge on any atom is -0.494 e. The highest BCUT2D eigenvalue weighted by molar-refractivity contribution is 5.30. The quantitative estimate of drug-likeness (QED) is 0.806. The zero-order valence-electron chi connectivity index (χ0n) is 9.73. The van der Waals surface area contributed by atoms with E-state index in [0.717, 1.165) is 12.2 Å². The number of aliphatic hydroxyl groups is 1. The molecular formula is C13H20O2. The van der Waals surface area contributed by atoms with Crippen molar-refractivity contribution in [3.63, 3.8) is 0 Å². The number of benzene rings is 1. The van der Waals surface area contributed by atoms with Crippen LogP contribution < -0.4 is 4.74 Å². The van der Waals surface area contributed by atoms with Crippen molar-refractivity contribution in [1.29, 1.82) is 0 Å². The largest absolute Gasteiger partial charge is 0.494 e. The summed E-state index contributed by atoms with van der Waals surface area (Å²) in [5, 5.41) is 9.33. The Bertz CT molecular complexity index is 294. The maximum absolute atomic E-state index is 9.33. The lowest BCUT2D eigenvalue weighted by Crippen LogP contribution is -2.06. The monoisotopic (exact) mass is 208 g/mol. The second-order valence-electron chi connectivity index (χ2n) is 3.99. The molecule has 2 heteroatoms. The van der Waals surface area contributed by atoms with Crippen molar-refractivity contribution in [3.05, 3.63) is 29.8 Å². The lowest BCUT2D eigenvalue weighted by Gasteiger charge is -2.14. The van der Waals surface area contributed by atoms with Crippen molar-refractivity contribution in [2.45, 2.75) is 39.2 Å². The van der Waals surface area contributed by atoms with E-state index in [-0.39, 0.29) is 6.10 Å². The van der Waals surface area contributed by atoms with Crippen molar-refractivity contribution in [2.24, 2.45) is 0 Å². The molecule has 1 aromatic rings. The van der Waals surface area contributed by atoms with Gasteiger partial charge in [0.1, 0.15) is 5.75 Å². The molecule has 0 aromatic heterocycles. The standard InChI is InChI=1S/C13H20O2/c1-4-15-13-7-5-6-12(9-13)10(2)8-11(3)14/h5-7,9-11,14H,4,8H2,1-3H3. The Morgan fingerprint density at radius 2 is 2.07 bits per heavy atom. The molecular weight excluding hydrogens is 188 g/mol. The second-order valence-corrected chi connectivity index (χ2v) is 3.99. The van der Waals surface area contributed by atoms with Crippen LogP contribution in [0.25, 0.3) is 0 Å². The summed E-state index contributed by atoms with van der Waals surface area (Å²) >= 11 is 0. The first kappa shape index (κ1) is 12.1. The van der Waals surface area contributed by atoms with E-state index in [2.05, 4.69) is 19.1 Å². The Morgan fingerprint density at radius 3 is 2.67 bits per heavy atom. The summed E-state index contributed by atoms with van der Waals surface area (Å²) in [5.74, 6) is 1.28. The van der Waals surface area contributed by atoms with Gasteiger partial charge >= 0.3 is 0 Å². The smallest absolute Gasteiger partial charge is 0.119 e. The predicted molar refractivity (Wildman–Crippen MR) is 62.3 cm³/mol. The lowest BCUT2D eigenvalue weighted by molar-refractivity contribution is 0.176. The molecule has 1 rings (SSSR count). The minimum absolute atomic E-state index is 0.254. The molecule has 0 amide bonds. The molecule has 0 saturated carbocycles. The van der Waals surface area contributed by atoms with Gasteiger partial charge in [0.15, 0.2) is 0 Å². The first-order valence-corrected chi connectivity index (χ1v) is 5.54. The fourth-order valence-electron chi connectivity index (χ4n) is 1.73. The van der Waals surface area contributed by atoms with Crippen molar-refractivity contribution in [2.75, 3.05) is 6.61 Å². The van der Waals surface area contributed by atoms with E-state index in [4.69, 9.17) is 4.74 Å². The van der Waals surface area contributed by atoms with Gasteiger partial charge in [0.25, 0.3) is 0 Å². The number of hydrogen-bond acceptors (Lipinski definition) is 2. The molecule has 0 saturated heterocycles. The molecule has 84 valence electrons. The van der Waals surface area contributed by atoms with Crippen LogP contribution in [0.1, 0.15) is 38.7 Å². The van der Waals surface area contributed by atoms with Crippen molar-refractivity contribution < 1.29 is 9.84 Å². The molecule has 2 unspecified atom stereocenters. The van der Waals surface area contributed by atoms with Crippen LogP contribution >= 0.6 is 0 Å². The van der Waals surface area contributed by atoms with Crippen molar-refractivity contribution in [1.82, 2.24) is 0 Å². The first-order valence-electron chi connectivity index (χ1n) is 5.54. The van der Waals surface area contributed by atoms with Crippen LogP contribution in [-0.2, 0) is 0 Å². The van der Waals surface area contributed by atoms with E-state index in [1.807, 2.05) is 26.0 Å². The Labute approximate surface area is 91.9 Å². The maximum atomic E-state index is 9.33. The second kappa shape index (κ2) is 5.76. The van der Waals surface area contributed by atoms with Gasteiger partial charge in [-0.15, -0.1) is 0 Å². The predicted octanol–water partition coefficient (Wildman–Crippen LogP) is 2.96. The fraction of sp³-hybridized carbons (Fsp3) is 0.538. The van der Waals surface area contributed by atoms with E-state index in [1.165, 1.54) is 5.56 Å². The zero-order valence-corrected chi connectivity index (χ0v) is 9.73. The van der Waals surface area contributed by atoms with Crippen molar-refractivity contribution in [3.8, 4) is 5.75 Å². The Morgan fingerprint density at radius 1 is 1.33 bits per heavy atom. The molecule has 0 spiro atoms. The molecule has 0 fully saturated rings. The van der Waals surface area contributed by atoms with Gasteiger partial charge in [-0.1, -0.05) is 19.1 Å². The van der Waals surface area contributed by atoms with E-state index < -0.39 is 0 Å². The normalized spacial score (nSPS) is 14.7. The minimum atomic E-state index is -0.254. The third kappa shape index (κ3) is 3.92. The van der Waals surface area contributed by atoms with Crippen LogP contribution in [0, 0.1) is 0 Å². The van der Waals surface area contributed by atoms with Gasteiger partial charge in [-0.25, -0.2) is 0 Å². The van der Waals surface area contributed by atoms with Crippen molar-refractivity contribution >= 4 is 0 Å². The number of rotatable bonds is 5. The topological polar surface area (TPSA) is 29.5 Å². The molecule has 0 aliphatic heterocycles. The van der Waals surface area contributed by atoms with E-state index in [0.29, 0.717) is 12.5 Å². The Hall–Kier alpha value is -1.02. The zero-order chi connectivity index (χ0) is 11.3. The van der Waals surface area contributed by atoms with E-state index in [1.54, 1.807) is 0 Å². The summed E-state index contributed by atoms with van der Waals surface area (Å²) in [6.07, 6.45) is 0.533. The highest BCUT2D eigenvalue weighted by Gasteiger charge is 2.09. The van der Waals surface area contributed by atoms with Gasteiger partial charge in [0, 0.05) is 0 Å². The Balaban J connectivity index is 2.71. The molecule has 2 atom stereocenters. The molecule has 0 bridgehead atoms. The molecule has 0 heterocycles. The highest BCUT2D eigenvalue weighted by Crippen LogP contribution is 2.24. The summed E-state index contributed by atoms with van der Waals surface area (Å²) < 4.78 is 5.44. The van der Waals surface area contributed by atoms with Gasteiger partial charge in [-0.3, -0.25) is 0 Å². The average Bonchev–Trinajstić information content (AvgIpc) is 2.17. The molecule has 2 nitrogen and oxygen atoms in total. The summed E-state index contributed by atoms with van der Waals surface area (Å²) in [7, 11) is 0. The van der Waals surface area contributed by atoms with Gasteiger partial charge in [0.2, 0.25) is 0 Å². The molecule has 0 aliphatic carbocycles. The van der Waals surface area contributed by atoms with Gasteiger partial charge in [-0.2, -0.15) is 0 Å². The average molecular weight is 208 g/mol. The third-order valence-electron chi connectivity index (χ3n) is 2.43. The molecule has 1 aromatic carbocycles. The highest BCUT2D eigenvalue weighted by atomic mass is 16.5. The van der Waals surface area contributed by atoms with Crippen LogP contribution in [0.5, 0.6) is 5.75 Å². The summed E-state index contributed by atoms with van der Waals surface area (Å²) in [5.41, 5.74) is 1.22. The Kier molecular flexibility index (Phi) is 4.63. The van der Waals surface area contributed by atoms with Crippen LogP contribution in [-0.4, -0.2) is 17.8 Å². The first-order chi connectivity index (χ1) is 7.13. The molecule has 15 heavy (non-hydrogen) atoms. The van der Waals surface area contributed by atoms with Gasteiger partial charge in [-0.05, 0) is 43.9 Å². The van der Waals surface area contributed by atoms with E-state index in [9.17, 15) is 5.11 Å². The van der Waals surface area contributed by atoms with Gasteiger partial charge < -0.3 is 9.84 Å². The molecule has 0 aliphatic rings. The fourth-order valence-corrected chi connectivity index (χ4v) is 1.73. The molecule has 1 N–H and O–H groups in total. The van der Waals surface area contributed by atoms with Gasteiger partial charge in [0.05, 0.1) is 12.7 Å². The van der Waals surface area contributed by atoms with Crippen LogP contribution in [0.4, 0.5) is 0 Å². The van der Waals surface area contributed by atoms with E-state index >= 15 is 0 Å². The number of hydrogen-bond donors (Lipinski definition) is 1. The number of aliphatic hydroxyl groups excluding tert-OH is 1. The maximum Gasteiger partial charge on any atom is 0.119 e. The van der Waals surface area contributed by atoms with Crippen LogP contribution in [0.15, 0.2) is 24.3 Å². The molecule has 0 radical (unpaired) electrons.